The third-order valence-electron chi connectivity index (χ3n) is 5.86. The molecule has 1 heterocycles. The van der Waals surface area contributed by atoms with Gasteiger partial charge in [0.15, 0.2) is 5.78 Å². The van der Waals surface area contributed by atoms with Crippen molar-refractivity contribution >= 4 is 11.9 Å². The molecule has 22 heavy (non-hydrogen) atoms. The van der Waals surface area contributed by atoms with Crippen molar-refractivity contribution in [1.29, 1.82) is 0 Å². The molecule has 0 radical (unpaired) electrons. The lowest BCUT2D eigenvalue weighted by Gasteiger charge is -2.55. The van der Waals surface area contributed by atoms with E-state index in [9.17, 15) is 4.79 Å². The second-order valence-corrected chi connectivity index (χ2v) is 7.97. The lowest BCUT2D eigenvalue weighted by molar-refractivity contribution is -0.134. The van der Waals surface area contributed by atoms with Crippen LogP contribution in [0.15, 0.2) is 40.7 Å². The van der Waals surface area contributed by atoms with E-state index in [2.05, 4.69) is 39.8 Å². The highest BCUT2D eigenvalue weighted by atomic mass is 16.3. The molecule has 1 aromatic heterocycles. The molecular formula is C20H26O2. The molecule has 1 aromatic rings. The first-order valence-corrected chi connectivity index (χ1v) is 8.27. The molecule has 2 heteroatoms. The van der Waals surface area contributed by atoms with Crippen LogP contribution in [0.3, 0.4) is 0 Å². The monoisotopic (exact) mass is 298 g/mol. The number of rotatable bonds is 2. The van der Waals surface area contributed by atoms with Crippen molar-refractivity contribution in [2.45, 2.75) is 47.0 Å². The van der Waals surface area contributed by atoms with Gasteiger partial charge >= 0.3 is 0 Å². The van der Waals surface area contributed by atoms with Crippen LogP contribution in [-0.4, -0.2) is 5.78 Å². The smallest absolute Gasteiger partial charge is 0.159 e. The molecule has 2 nitrogen and oxygen atoms in total. The standard InChI is InChI=1S/C20H26O2/c1-14-12-17(21)18-19(2,3)9-5-10-20(18,4)16(14)7-6-15-8-11-22-13-15/h6-8,11-13,16,18H,5,9-10H2,1-4H3/b7-6-/t16-,18?,20?/m0/s1. The SMILES string of the molecule is CC1=CC(=O)C2C(C)(C)CCCC2(C)[C@H]1/C=C\c1ccoc1. The number of allylic oxidation sites excluding steroid dienone is 3. The van der Waals surface area contributed by atoms with Crippen LogP contribution in [0.1, 0.15) is 52.5 Å². The highest BCUT2D eigenvalue weighted by Crippen LogP contribution is 2.58. The molecule has 0 amide bonds. The van der Waals surface area contributed by atoms with Crippen molar-refractivity contribution in [1.82, 2.24) is 0 Å². The summed E-state index contributed by atoms with van der Waals surface area (Å²) in [7, 11) is 0. The van der Waals surface area contributed by atoms with Crippen LogP contribution in [0.25, 0.3) is 6.08 Å². The topological polar surface area (TPSA) is 30.2 Å². The molecule has 3 rings (SSSR count). The predicted molar refractivity (Wildman–Crippen MR) is 89.2 cm³/mol. The Morgan fingerprint density at radius 2 is 2.05 bits per heavy atom. The van der Waals surface area contributed by atoms with Gasteiger partial charge in [-0.2, -0.15) is 0 Å². The number of hydrogen-bond acceptors (Lipinski definition) is 2. The Bertz CT molecular complexity index is 618. The van der Waals surface area contributed by atoms with E-state index < -0.39 is 0 Å². The minimum Gasteiger partial charge on any atom is -0.472 e. The second kappa shape index (κ2) is 5.26. The normalized spacial score (nSPS) is 34.5. The first-order valence-electron chi connectivity index (χ1n) is 8.27. The van der Waals surface area contributed by atoms with E-state index in [1.54, 1.807) is 12.5 Å². The average Bonchev–Trinajstić information content (AvgIpc) is 2.89. The van der Waals surface area contributed by atoms with Crippen LogP contribution in [0.4, 0.5) is 0 Å². The van der Waals surface area contributed by atoms with Gasteiger partial charge in [0.05, 0.1) is 12.5 Å². The summed E-state index contributed by atoms with van der Waals surface area (Å²) < 4.78 is 5.14. The van der Waals surface area contributed by atoms with Gasteiger partial charge in [-0.05, 0) is 42.7 Å². The lowest BCUT2D eigenvalue weighted by atomic mass is 9.48. The molecule has 0 spiro atoms. The zero-order valence-electron chi connectivity index (χ0n) is 14.1. The fourth-order valence-electron chi connectivity index (χ4n) is 5.02. The molecule has 1 fully saturated rings. The lowest BCUT2D eigenvalue weighted by Crippen LogP contribution is -2.52. The van der Waals surface area contributed by atoms with E-state index in [-0.39, 0.29) is 16.7 Å². The van der Waals surface area contributed by atoms with E-state index in [4.69, 9.17) is 4.42 Å². The molecule has 0 N–H and O–H groups in total. The first kappa shape index (κ1) is 15.3. The summed E-state index contributed by atoms with van der Waals surface area (Å²) >= 11 is 0. The summed E-state index contributed by atoms with van der Waals surface area (Å²) in [5.74, 6) is 0.777. The van der Waals surface area contributed by atoms with E-state index in [0.717, 1.165) is 18.4 Å². The quantitative estimate of drug-likeness (QED) is 0.744. The van der Waals surface area contributed by atoms with Gasteiger partial charge < -0.3 is 4.42 Å². The maximum Gasteiger partial charge on any atom is 0.159 e. The van der Waals surface area contributed by atoms with Gasteiger partial charge in [0.1, 0.15) is 0 Å². The highest BCUT2D eigenvalue weighted by molar-refractivity contribution is 5.95. The predicted octanol–water partition coefficient (Wildman–Crippen LogP) is 5.27. The maximum absolute atomic E-state index is 12.7. The zero-order chi connectivity index (χ0) is 16.0. The van der Waals surface area contributed by atoms with Crippen LogP contribution in [0.5, 0.6) is 0 Å². The van der Waals surface area contributed by atoms with Crippen LogP contribution in [0.2, 0.25) is 0 Å². The highest BCUT2D eigenvalue weighted by Gasteiger charge is 2.54. The number of fused-ring (bicyclic) bond motifs is 1. The molecule has 2 aliphatic carbocycles. The van der Waals surface area contributed by atoms with Gasteiger partial charge in [-0.3, -0.25) is 4.79 Å². The maximum atomic E-state index is 12.7. The summed E-state index contributed by atoms with van der Waals surface area (Å²) in [6, 6.07) is 1.97. The summed E-state index contributed by atoms with van der Waals surface area (Å²) in [4.78, 5) is 12.7. The number of carbonyl (C=O) groups excluding carboxylic acids is 1. The number of hydrogen-bond donors (Lipinski definition) is 0. The fraction of sp³-hybridized carbons (Fsp3) is 0.550. The minimum absolute atomic E-state index is 0.0257. The largest absolute Gasteiger partial charge is 0.472 e. The molecule has 0 aliphatic heterocycles. The zero-order valence-corrected chi connectivity index (χ0v) is 14.1. The molecule has 2 aliphatic rings. The Morgan fingerprint density at radius 1 is 1.27 bits per heavy atom. The Balaban J connectivity index is 2.01. The first-order chi connectivity index (χ1) is 10.3. The van der Waals surface area contributed by atoms with Crippen molar-refractivity contribution in [3.63, 3.8) is 0 Å². The third kappa shape index (κ3) is 2.39. The van der Waals surface area contributed by atoms with Gasteiger partial charge in [0.2, 0.25) is 0 Å². The van der Waals surface area contributed by atoms with Crippen LogP contribution in [-0.2, 0) is 4.79 Å². The van der Waals surface area contributed by atoms with Gasteiger partial charge in [-0.1, -0.05) is 44.9 Å². The molecule has 3 atom stereocenters. The Morgan fingerprint density at radius 3 is 2.73 bits per heavy atom. The van der Waals surface area contributed by atoms with E-state index in [1.165, 1.54) is 12.0 Å². The molecule has 0 saturated heterocycles. The summed E-state index contributed by atoms with van der Waals surface area (Å²) in [6.45, 7) is 8.94. The van der Waals surface area contributed by atoms with Crippen LogP contribution in [0, 0.1) is 22.7 Å². The van der Waals surface area contributed by atoms with Crippen molar-refractivity contribution in [2.24, 2.45) is 22.7 Å². The third-order valence-corrected chi connectivity index (χ3v) is 5.86. The number of ketones is 1. The van der Waals surface area contributed by atoms with Gasteiger partial charge in [0.25, 0.3) is 0 Å². The molecule has 2 unspecified atom stereocenters. The van der Waals surface area contributed by atoms with Crippen LogP contribution < -0.4 is 0 Å². The van der Waals surface area contributed by atoms with Crippen LogP contribution >= 0.6 is 0 Å². The second-order valence-electron chi connectivity index (χ2n) is 7.97. The summed E-state index contributed by atoms with van der Waals surface area (Å²) in [5.41, 5.74) is 2.39. The molecule has 1 saturated carbocycles. The number of furan rings is 1. The van der Waals surface area contributed by atoms with E-state index in [0.29, 0.717) is 11.7 Å². The van der Waals surface area contributed by atoms with Crippen molar-refractivity contribution in [2.75, 3.05) is 0 Å². The molecule has 0 bridgehead atoms. The molecular weight excluding hydrogens is 272 g/mol. The molecule has 0 aromatic carbocycles. The molecule has 118 valence electrons. The minimum atomic E-state index is 0.0257. The Kier molecular flexibility index (Phi) is 3.66. The average molecular weight is 298 g/mol. The van der Waals surface area contributed by atoms with E-state index in [1.807, 2.05) is 12.1 Å². The summed E-state index contributed by atoms with van der Waals surface area (Å²) in [5, 5.41) is 0. The fourth-order valence-corrected chi connectivity index (χ4v) is 5.02. The van der Waals surface area contributed by atoms with Gasteiger partial charge in [-0.25, -0.2) is 0 Å². The Hall–Kier alpha value is -1.57. The summed E-state index contributed by atoms with van der Waals surface area (Å²) in [6.07, 6.45) is 13.2. The van der Waals surface area contributed by atoms with Crippen molar-refractivity contribution < 1.29 is 9.21 Å². The van der Waals surface area contributed by atoms with Crippen molar-refractivity contribution in [3.8, 4) is 0 Å². The Labute approximate surface area is 133 Å². The van der Waals surface area contributed by atoms with E-state index >= 15 is 0 Å². The number of carbonyl (C=O) groups is 1. The van der Waals surface area contributed by atoms with Gasteiger partial charge in [0, 0.05) is 17.4 Å². The van der Waals surface area contributed by atoms with Crippen molar-refractivity contribution in [3.05, 3.63) is 41.9 Å². The van der Waals surface area contributed by atoms with Gasteiger partial charge in [-0.15, -0.1) is 0 Å².